The van der Waals surface area contributed by atoms with Crippen LogP contribution in [0.5, 0.6) is 0 Å². The number of nitrogens with zero attached hydrogens (tertiary/aromatic N) is 4. The van der Waals surface area contributed by atoms with E-state index in [4.69, 9.17) is 5.26 Å². The second kappa shape index (κ2) is 8.70. The first kappa shape index (κ1) is 20.6. The lowest BCUT2D eigenvalue weighted by Crippen LogP contribution is -2.45. The zero-order valence-corrected chi connectivity index (χ0v) is 18.8. The lowest BCUT2D eigenvalue weighted by molar-refractivity contribution is 0.102. The molecule has 1 aliphatic carbocycles. The molecule has 0 amide bonds. The van der Waals surface area contributed by atoms with Gasteiger partial charge in [-0.05, 0) is 43.0 Å². The summed E-state index contributed by atoms with van der Waals surface area (Å²) < 4.78 is 3.44. The van der Waals surface area contributed by atoms with Gasteiger partial charge in [0.1, 0.15) is 15.7 Å². The Kier molecular flexibility index (Phi) is 5.61. The van der Waals surface area contributed by atoms with Crippen molar-refractivity contribution >= 4 is 45.8 Å². The Bertz CT molecular complexity index is 1330. The normalized spacial score (nSPS) is 17.6. The van der Waals surface area contributed by atoms with E-state index in [0.717, 1.165) is 45.2 Å². The molecule has 8 nitrogen and oxygen atoms in total. The predicted molar refractivity (Wildman–Crippen MR) is 126 cm³/mol. The second-order valence-corrected chi connectivity index (χ2v) is 9.49. The van der Waals surface area contributed by atoms with Crippen LogP contribution in [0.3, 0.4) is 0 Å². The van der Waals surface area contributed by atoms with Gasteiger partial charge in [0.25, 0.3) is 0 Å². The average Bonchev–Trinajstić information content (AvgIpc) is 3.45. The highest BCUT2D eigenvalue weighted by Crippen LogP contribution is 2.38. The molecular weight excluding hydrogens is 442 g/mol. The number of aromatic amines is 1. The van der Waals surface area contributed by atoms with E-state index in [0.29, 0.717) is 22.5 Å². The van der Waals surface area contributed by atoms with Crippen LogP contribution in [0.2, 0.25) is 0 Å². The number of hydrogen-bond donors (Lipinski definition) is 3. The SMILES string of the molecule is CC(=O)c1cnc(-c2cnc3[nH]ccc3c2NC2CC(NSc3cc(C#N)ccn3)C2)s1. The molecular formula is C22H19N7OS2. The van der Waals surface area contributed by atoms with Gasteiger partial charge in [0, 0.05) is 49.2 Å². The minimum Gasteiger partial charge on any atom is -0.381 e. The van der Waals surface area contributed by atoms with Gasteiger partial charge in [-0.15, -0.1) is 11.3 Å². The number of nitrogens with one attached hydrogen (secondary N) is 3. The first-order valence-corrected chi connectivity index (χ1v) is 11.7. The number of ketones is 1. The lowest BCUT2D eigenvalue weighted by atomic mass is 9.87. The van der Waals surface area contributed by atoms with E-state index in [2.05, 4.69) is 36.0 Å². The third-order valence-electron chi connectivity index (χ3n) is 5.35. The Morgan fingerprint density at radius 3 is 2.91 bits per heavy atom. The van der Waals surface area contributed by atoms with Crippen molar-refractivity contribution in [3.8, 4) is 16.6 Å². The van der Waals surface area contributed by atoms with Gasteiger partial charge in [-0.3, -0.25) is 9.52 Å². The molecule has 4 aromatic heterocycles. The molecule has 4 heterocycles. The zero-order valence-electron chi connectivity index (χ0n) is 17.1. The number of pyridine rings is 2. The molecule has 10 heteroatoms. The van der Waals surface area contributed by atoms with E-state index in [1.807, 2.05) is 18.5 Å². The number of aromatic nitrogens is 4. The topological polar surface area (TPSA) is 119 Å². The molecule has 4 aromatic rings. The molecule has 32 heavy (non-hydrogen) atoms. The highest BCUT2D eigenvalue weighted by molar-refractivity contribution is 7.97. The quantitative estimate of drug-likeness (QED) is 0.274. The third kappa shape index (κ3) is 4.10. The van der Waals surface area contributed by atoms with E-state index >= 15 is 0 Å². The molecule has 0 saturated heterocycles. The van der Waals surface area contributed by atoms with Crippen LogP contribution < -0.4 is 10.0 Å². The van der Waals surface area contributed by atoms with E-state index in [-0.39, 0.29) is 5.78 Å². The number of Topliss-reactive ketones (excluding diaryl/α,β-unsaturated/α-hetero) is 1. The van der Waals surface area contributed by atoms with Crippen LogP contribution in [-0.4, -0.2) is 37.8 Å². The van der Waals surface area contributed by atoms with Crippen LogP contribution in [-0.2, 0) is 0 Å². The zero-order chi connectivity index (χ0) is 22.1. The van der Waals surface area contributed by atoms with Crippen molar-refractivity contribution in [3.63, 3.8) is 0 Å². The Morgan fingerprint density at radius 2 is 2.12 bits per heavy atom. The van der Waals surface area contributed by atoms with Crippen molar-refractivity contribution in [2.45, 2.75) is 36.9 Å². The van der Waals surface area contributed by atoms with Gasteiger partial charge < -0.3 is 10.3 Å². The van der Waals surface area contributed by atoms with Crippen molar-refractivity contribution in [3.05, 3.63) is 53.4 Å². The van der Waals surface area contributed by atoms with Crippen molar-refractivity contribution in [1.29, 1.82) is 5.26 Å². The average molecular weight is 462 g/mol. The molecule has 1 fully saturated rings. The summed E-state index contributed by atoms with van der Waals surface area (Å²) in [5, 5.41) is 15.3. The molecule has 0 bridgehead atoms. The fourth-order valence-corrected chi connectivity index (χ4v) is 5.21. The number of fused-ring (bicyclic) bond motifs is 1. The Hall–Kier alpha value is -3.26. The van der Waals surface area contributed by atoms with E-state index in [9.17, 15) is 4.79 Å². The maximum Gasteiger partial charge on any atom is 0.171 e. The van der Waals surface area contributed by atoms with E-state index < -0.39 is 0 Å². The highest BCUT2D eigenvalue weighted by atomic mass is 32.2. The molecule has 0 spiro atoms. The van der Waals surface area contributed by atoms with Crippen molar-refractivity contribution < 1.29 is 4.79 Å². The summed E-state index contributed by atoms with van der Waals surface area (Å²) in [6.07, 6.45) is 8.87. The first-order chi connectivity index (χ1) is 15.6. The smallest absolute Gasteiger partial charge is 0.171 e. The van der Waals surface area contributed by atoms with Gasteiger partial charge in [0.05, 0.1) is 27.8 Å². The van der Waals surface area contributed by atoms with Crippen LogP contribution in [0, 0.1) is 11.3 Å². The minimum absolute atomic E-state index is 0.0131. The second-order valence-electron chi connectivity index (χ2n) is 7.60. The summed E-state index contributed by atoms with van der Waals surface area (Å²) in [7, 11) is 0. The van der Waals surface area contributed by atoms with Crippen LogP contribution in [0.1, 0.15) is 35.0 Å². The van der Waals surface area contributed by atoms with Gasteiger partial charge in [0.15, 0.2) is 5.78 Å². The van der Waals surface area contributed by atoms with Crippen LogP contribution in [0.4, 0.5) is 5.69 Å². The lowest BCUT2D eigenvalue weighted by Gasteiger charge is -2.37. The molecule has 0 radical (unpaired) electrons. The fourth-order valence-electron chi connectivity index (χ4n) is 3.60. The number of carbonyl (C=O) groups excluding carboxylic acids is 1. The summed E-state index contributed by atoms with van der Waals surface area (Å²) in [6.45, 7) is 1.55. The Morgan fingerprint density at radius 1 is 1.25 bits per heavy atom. The number of anilines is 1. The molecule has 1 aliphatic rings. The van der Waals surface area contributed by atoms with Crippen LogP contribution >= 0.6 is 23.3 Å². The van der Waals surface area contributed by atoms with E-state index in [1.165, 1.54) is 23.3 Å². The molecule has 1 saturated carbocycles. The van der Waals surface area contributed by atoms with Crippen molar-refractivity contribution in [1.82, 2.24) is 24.7 Å². The highest BCUT2D eigenvalue weighted by Gasteiger charge is 2.30. The molecule has 5 rings (SSSR count). The molecule has 0 unspecified atom stereocenters. The number of H-pyrrole nitrogens is 1. The van der Waals surface area contributed by atoms with Crippen LogP contribution in [0.25, 0.3) is 21.6 Å². The third-order valence-corrected chi connectivity index (χ3v) is 7.37. The Labute approximate surface area is 192 Å². The van der Waals surface area contributed by atoms with Gasteiger partial charge in [-0.1, -0.05) is 0 Å². The summed E-state index contributed by atoms with van der Waals surface area (Å²) >= 11 is 2.84. The van der Waals surface area contributed by atoms with Gasteiger partial charge in [-0.25, -0.2) is 15.0 Å². The van der Waals surface area contributed by atoms with Gasteiger partial charge in [-0.2, -0.15) is 5.26 Å². The van der Waals surface area contributed by atoms with Crippen molar-refractivity contribution in [2.75, 3.05) is 5.32 Å². The number of thiazole rings is 1. The van der Waals surface area contributed by atoms with Crippen LogP contribution in [0.15, 0.2) is 48.0 Å². The standard InChI is InChI=1S/C22H19N7OS2/c1-12(30)18-11-27-22(31-18)17-10-26-21-16(3-5-25-21)20(17)28-14-7-15(8-14)29-32-19-6-13(9-23)2-4-24-19/h2-6,10-11,14-15,29H,7-8H2,1H3,(H2,25,26,28). The largest absolute Gasteiger partial charge is 0.381 e. The molecule has 3 N–H and O–H groups in total. The summed E-state index contributed by atoms with van der Waals surface area (Å²) in [6, 6.07) is 8.27. The number of hydrogen-bond acceptors (Lipinski definition) is 9. The maximum atomic E-state index is 11.7. The molecule has 0 aromatic carbocycles. The minimum atomic E-state index is 0.0131. The fraction of sp³-hybridized carbons (Fsp3) is 0.227. The monoisotopic (exact) mass is 461 g/mol. The summed E-state index contributed by atoms with van der Waals surface area (Å²) in [5.41, 5.74) is 3.30. The molecule has 0 atom stereocenters. The summed E-state index contributed by atoms with van der Waals surface area (Å²) in [5.74, 6) is 0.0131. The maximum absolute atomic E-state index is 11.7. The van der Waals surface area contributed by atoms with Gasteiger partial charge >= 0.3 is 0 Å². The molecule has 0 aliphatic heterocycles. The number of rotatable bonds is 7. The Balaban J connectivity index is 1.29. The molecule has 160 valence electrons. The number of nitriles is 1. The van der Waals surface area contributed by atoms with Crippen molar-refractivity contribution in [2.24, 2.45) is 0 Å². The first-order valence-electron chi connectivity index (χ1n) is 10.1. The summed E-state index contributed by atoms with van der Waals surface area (Å²) in [4.78, 5) is 28.8. The van der Waals surface area contributed by atoms with Gasteiger partial charge in [0.2, 0.25) is 0 Å². The van der Waals surface area contributed by atoms with E-state index in [1.54, 1.807) is 31.5 Å². The predicted octanol–water partition coefficient (Wildman–Crippen LogP) is 4.40. The number of carbonyl (C=O) groups is 1.